The molecule has 5 rings (SSSR count). The molecule has 10 heteroatoms. The SMILES string of the molecule is Cc1cccn2c(=O)c(/C=N\Nc3ccc(C(=O)O)cc3)c(Sc3nc4ccccc4s3)nc12. The first kappa shape index (κ1) is 21.8. The number of hydrazone groups is 1. The number of para-hydroxylation sites is 1. The van der Waals surface area contributed by atoms with E-state index in [2.05, 4.69) is 15.5 Å². The summed E-state index contributed by atoms with van der Waals surface area (Å²) in [4.78, 5) is 33.8. The summed E-state index contributed by atoms with van der Waals surface area (Å²) in [6.45, 7) is 1.91. The predicted octanol–water partition coefficient (Wildman–Crippen LogP) is 4.91. The fraction of sp³-hybridized carbons (Fsp3) is 0.0417. The van der Waals surface area contributed by atoms with Crippen molar-refractivity contribution in [3.63, 3.8) is 0 Å². The summed E-state index contributed by atoms with van der Waals surface area (Å²) >= 11 is 2.86. The van der Waals surface area contributed by atoms with E-state index in [1.807, 2.05) is 37.3 Å². The number of rotatable bonds is 6. The van der Waals surface area contributed by atoms with E-state index in [4.69, 9.17) is 10.1 Å². The highest BCUT2D eigenvalue weighted by molar-refractivity contribution is 8.01. The van der Waals surface area contributed by atoms with Crippen molar-refractivity contribution in [1.29, 1.82) is 0 Å². The van der Waals surface area contributed by atoms with Crippen LogP contribution in [0.5, 0.6) is 0 Å². The predicted molar refractivity (Wildman–Crippen MR) is 135 cm³/mol. The molecule has 0 aliphatic heterocycles. The third-order valence-electron chi connectivity index (χ3n) is 5.03. The van der Waals surface area contributed by atoms with Crippen LogP contribution in [0.3, 0.4) is 0 Å². The molecule has 0 radical (unpaired) electrons. The molecule has 0 saturated heterocycles. The van der Waals surface area contributed by atoms with Gasteiger partial charge in [0, 0.05) is 6.20 Å². The standard InChI is InChI=1S/C24H17N5O3S2/c1-14-5-4-12-29-20(14)27-21(34-24-26-18-6-2-3-7-19(18)33-24)17(22(29)30)13-25-28-16-10-8-15(9-11-16)23(31)32/h2-13,28H,1H3,(H,31,32)/b25-13-. The van der Waals surface area contributed by atoms with E-state index in [0.29, 0.717) is 21.9 Å². The number of hydrogen-bond donors (Lipinski definition) is 2. The minimum Gasteiger partial charge on any atom is -0.478 e. The van der Waals surface area contributed by atoms with Crippen LogP contribution in [0.1, 0.15) is 21.5 Å². The molecule has 8 nitrogen and oxygen atoms in total. The number of pyridine rings is 1. The summed E-state index contributed by atoms with van der Waals surface area (Å²) in [6.07, 6.45) is 3.12. The number of anilines is 1. The molecule has 0 saturated carbocycles. The van der Waals surface area contributed by atoms with E-state index in [1.54, 1.807) is 24.4 Å². The highest BCUT2D eigenvalue weighted by Gasteiger charge is 2.16. The number of thiazole rings is 1. The number of aryl methyl sites for hydroxylation is 1. The Bertz CT molecular complexity index is 1590. The van der Waals surface area contributed by atoms with Crippen molar-refractivity contribution < 1.29 is 9.90 Å². The summed E-state index contributed by atoms with van der Waals surface area (Å²) in [5.74, 6) is -1.00. The molecule has 2 N–H and O–H groups in total. The Kier molecular flexibility index (Phi) is 5.83. The van der Waals surface area contributed by atoms with Crippen LogP contribution in [-0.2, 0) is 0 Å². The van der Waals surface area contributed by atoms with Crippen LogP contribution in [0.2, 0.25) is 0 Å². The van der Waals surface area contributed by atoms with Crippen LogP contribution >= 0.6 is 23.1 Å². The maximum Gasteiger partial charge on any atom is 0.335 e. The number of hydrogen-bond acceptors (Lipinski definition) is 8. The number of carboxylic acid groups (broad SMARTS) is 1. The molecule has 2 aromatic carbocycles. The van der Waals surface area contributed by atoms with Gasteiger partial charge in [-0.25, -0.2) is 14.8 Å². The number of benzene rings is 2. The summed E-state index contributed by atoms with van der Waals surface area (Å²) < 4.78 is 3.33. The number of nitrogens with zero attached hydrogens (tertiary/aromatic N) is 4. The Balaban J connectivity index is 1.53. The van der Waals surface area contributed by atoms with Crippen LogP contribution in [0, 0.1) is 6.92 Å². The van der Waals surface area contributed by atoms with Crippen molar-refractivity contribution in [3.8, 4) is 0 Å². The van der Waals surface area contributed by atoms with Crippen molar-refractivity contribution in [2.45, 2.75) is 16.3 Å². The number of nitrogens with one attached hydrogen (secondary N) is 1. The zero-order chi connectivity index (χ0) is 23.7. The summed E-state index contributed by atoms with van der Waals surface area (Å²) in [5, 5.41) is 13.8. The average molecular weight is 488 g/mol. The van der Waals surface area contributed by atoms with Gasteiger partial charge in [0.05, 0.1) is 33.2 Å². The van der Waals surface area contributed by atoms with Crippen molar-refractivity contribution in [1.82, 2.24) is 14.4 Å². The van der Waals surface area contributed by atoms with Gasteiger partial charge in [-0.2, -0.15) is 5.10 Å². The van der Waals surface area contributed by atoms with Gasteiger partial charge >= 0.3 is 5.97 Å². The number of fused-ring (bicyclic) bond motifs is 2. The Morgan fingerprint density at radius 2 is 1.91 bits per heavy atom. The molecule has 5 aromatic rings. The molecule has 0 aliphatic rings. The van der Waals surface area contributed by atoms with E-state index >= 15 is 0 Å². The lowest BCUT2D eigenvalue weighted by Gasteiger charge is -2.08. The molecular weight excluding hydrogens is 470 g/mol. The van der Waals surface area contributed by atoms with Gasteiger partial charge in [0.2, 0.25) is 0 Å². The minimum atomic E-state index is -1.00. The maximum atomic E-state index is 13.3. The molecule has 3 aromatic heterocycles. The van der Waals surface area contributed by atoms with Crippen molar-refractivity contribution in [2.24, 2.45) is 5.10 Å². The molecule has 0 amide bonds. The molecule has 0 aliphatic carbocycles. The first-order chi connectivity index (χ1) is 16.5. The second-order valence-corrected chi connectivity index (χ2v) is 9.59. The minimum absolute atomic E-state index is 0.177. The molecular formula is C24H17N5O3S2. The van der Waals surface area contributed by atoms with E-state index in [9.17, 15) is 9.59 Å². The first-order valence-corrected chi connectivity index (χ1v) is 11.8. The molecule has 0 fully saturated rings. The van der Waals surface area contributed by atoms with Crippen LogP contribution in [-0.4, -0.2) is 31.7 Å². The molecule has 0 unspecified atom stereocenters. The Morgan fingerprint density at radius 3 is 2.68 bits per heavy atom. The smallest absolute Gasteiger partial charge is 0.335 e. The highest BCUT2D eigenvalue weighted by atomic mass is 32.2. The van der Waals surface area contributed by atoms with Gasteiger partial charge < -0.3 is 5.11 Å². The van der Waals surface area contributed by atoms with E-state index in [-0.39, 0.29) is 11.1 Å². The zero-order valence-electron chi connectivity index (χ0n) is 17.8. The Morgan fingerprint density at radius 1 is 1.12 bits per heavy atom. The number of carboxylic acids is 1. The topological polar surface area (TPSA) is 109 Å². The maximum absolute atomic E-state index is 13.3. The normalized spacial score (nSPS) is 11.4. The van der Waals surface area contributed by atoms with Gasteiger partial charge in [-0.3, -0.25) is 14.6 Å². The Hall–Kier alpha value is -4.02. The number of carbonyl (C=O) groups is 1. The highest BCUT2D eigenvalue weighted by Crippen LogP contribution is 2.34. The van der Waals surface area contributed by atoms with Crippen molar-refractivity contribution in [3.05, 3.63) is 93.9 Å². The second-order valence-electron chi connectivity index (χ2n) is 7.32. The summed E-state index contributed by atoms with van der Waals surface area (Å²) in [5.41, 5.74) is 6.03. The van der Waals surface area contributed by atoms with E-state index in [1.165, 1.54) is 45.8 Å². The second kappa shape index (κ2) is 9.08. The number of aromatic nitrogens is 3. The number of aromatic carboxylic acids is 1. The average Bonchev–Trinajstić information content (AvgIpc) is 3.24. The summed E-state index contributed by atoms with van der Waals surface area (Å²) in [7, 11) is 0. The van der Waals surface area contributed by atoms with Crippen LogP contribution < -0.4 is 11.0 Å². The quantitative estimate of drug-likeness (QED) is 0.199. The lowest BCUT2D eigenvalue weighted by molar-refractivity contribution is 0.0697. The third-order valence-corrected chi connectivity index (χ3v) is 7.13. The molecule has 3 heterocycles. The molecule has 168 valence electrons. The Labute approximate surface area is 201 Å². The monoisotopic (exact) mass is 487 g/mol. The fourth-order valence-electron chi connectivity index (χ4n) is 3.32. The van der Waals surface area contributed by atoms with Crippen LogP contribution in [0.25, 0.3) is 15.9 Å². The van der Waals surface area contributed by atoms with Crippen LogP contribution in [0.4, 0.5) is 5.69 Å². The van der Waals surface area contributed by atoms with Crippen molar-refractivity contribution >= 4 is 56.8 Å². The van der Waals surface area contributed by atoms with Crippen LogP contribution in [0.15, 0.2) is 86.1 Å². The lowest BCUT2D eigenvalue weighted by atomic mass is 10.2. The van der Waals surface area contributed by atoms with E-state index in [0.717, 1.165) is 20.1 Å². The summed E-state index contributed by atoms with van der Waals surface area (Å²) in [6, 6.07) is 17.7. The van der Waals surface area contributed by atoms with Gasteiger partial charge in [0.25, 0.3) is 5.56 Å². The first-order valence-electron chi connectivity index (χ1n) is 10.2. The van der Waals surface area contributed by atoms with Gasteiger partial charge in [0.15, 0.2) is 4.34 Å². The van der Waals surface area contributed by atoms with Gasteiger partial charge in [-0.1, -0.05) is 18.2 Å². The van der Waals surface area contributed by atoms with E-state index < -0.39 is 5.97 Å². The molecule has 0 spiro atoms. The third kappa shape index (κ3) is 4.28. The van der Waals surface area contributed by atoms with Gasteiger partial charge in [-0.05, 0) is 66.7 Å². The van der Waals surface area contributed by atoms with Crippen molar-refractivity contribution in [2.75, 3.05) is 5.43 Å². The molecule has 34 heavy (non-hydrogen) atoms. The molecule has 0 bridgehead atoms. The largest absolute Gasteiger partial charge is 0.478 e. The fourth-order valence-corrected chi connectivity index (χ4v) is 5.38. The molecule has 0 atom stereocenters. The van der Waals surface area contributed by atoms with Gasteiger partial charge in [-0.15, -0.1) is 11.3 Å². The lowest BCUT2D eigenvalue weighted by Crippen LogP contribution is -2.21. The van der Waals surface area contributed by atoms with Gasteiger partial charge in [0.1, 0.15) is 10.7 Å². The zero-order valence-corrected chi connectivity index (χ0v) is 19.4.